The van der Waals surface area contributed by atoms with Gasteiger partial charge in [-0.2, -0.15) is 0 Å². The molecule has 1 heterocycles. The largest absolute Gasteiger partial charge is 0.354 e. The molecular formula is C9H7F4N3. The van der Waals surface area contributed by atoms with Crippen molar-refractivity contribution in [1.82, 2.24) is 5.32 Å². The molecule has 0 aromatic heterocycles. The molecule has 2 N–H and O–H groups in total. The Hall–Kier alpha value is -1.79. The Morgan fingerprint density at radius 1 is 1.12 bits per heavy atom. The number of aliphatic imine (C=N–C) groups is 1. The van der Waals surface area contributed by atoms with Gasteiger partial charge in [-0.1, -0.05) is 0 Å². The van der Waals surface area contributed by atoms with E-state index < -0.39 is 29.0 Å². The Morgan fingerprint density at radius 2 is 1.88 bits per heavy atom. The van der Waals surface area contributed by atoms with Crippen molar-refractivity contribution in [3.63, 3.8) is 0 Å². The smallest absolute Gasteiger partial charge is 0.196 e. The number of hydrogen-bond acceptors (Lipinski definition) is 3. The lowest BCUT2D eigenvalue weighted by Gasteiger charge is -2.09. The minimum absolute atomic E-state index is 0.129. The number of rotatable bonds is 1. The van der Waals surface area contributed by atoms with Crippen LogP contribution in [-0.4, -0.2) is 19.0 Å². The van der Waals surface area contributed by atoms with E-state index in [-0.39, 0.29) is 12.0 Å². The number of guanidine groups is 1. The van der Waals surface area contributed by atoms with Gasteiger partial charge < -0.3 is 10.6 Å². The lowest BCUT2D eigenvalue weighted by molar-refractivity contribution is 0.438. The third-order valence-corrected chi connectivity index (χ3v) is 2.03. The third kappa shape index (κ3) is 1.80. The average molecular weight is 233 g/mol. The fourth-order valence-corrected chi connectivity index (χ4v) is 1.28. The number of hydrogen-bond donors (Lipinski definition) is 2. The van der Waals surface area contributed by atoms with Gasteiger partial charge >= 0.3 is 0 Å². The molecule has 3 nitrogen and oxygen atoms in total. The summed E-state index contributed by atoms with van der Waals surface area (Å²) in [4.78, 5) is 3.81. The van der Waals surface area contributed by atoms with Crippen molar-refractivity contribution in [3.8, 4) is 0 Å². The molecule has 1 aromatic carbocycles. The van der Waals surface area contributed by atoms with Crippen molar-refractivity contribution in [2.75, 3.05) is 18.4 Å². The molecule has 0 atom stereocenters. The summed E-state index contributed by atoms with van der Waals surface area (Å²) in [5.74, 6) is -5.98. The van der Waals surface area contributed by atoms with E-state index in [4.69, 9.17) is 0 Å². The predicted molar refractivity (Wildman–Crippen MR) is 50.2 cm³/mol. The molecule has 0 aliphatic carbocycles. The van der Waals surface area contributed by atoms with E-state index in [1.54, 1.807) is 0 Å². The Kier molecular flexibility index (Phi) is 2.67. The monoisotopic (exact) mass is 233 g/mol. The highest BCUT2D eigenvalue weighted by Gasteiger charge is 2.20. The number of nitrogens with one attached hydrogen (secondary N) is 2. The molecule has 86 valence electrons. The summed E-state index contributed by atoms with van der Waals surface area (Å²) in [5.41, 5.74) is -0.757. The van der Waals surface area contributed by atoms with Crippen LogP contribution in [0, 0.1) is 23.3 Å². The standard InChI is InChI=1S/C9H7F4N3/c10-4-3-5(11)8(7(13)6(4)12)16-9-14-1-2-15-9/h3H,1-2H2,(H2,14,15,16). The predicted octanol–water partition coefficient (Wildman–Crippen LogP) is 1.61. The molecule has 0 bridgehead atoms. The first kappa shape index (κ1) is 10.7. The zero-order valence-electron chi connectivity index (χ0n) is 7.95. The summed E-state index contributed by atoms with van der Waals surface area (Å²) in [6.45, 7) is 0.977. The second kappa shape index (κ2) is 3.99. The SMILES string of the molecule is Fc1cc(F)c(NC2=NCCN2)c(F)c1F. The first-order valence-corrected chi connectivity index (χ1v) is 4.48. The molecule has 1 aromatic rings. The van der Waals surface area contributed by atoms with Gasteiger partial charge in [-0.25, -0.2) is 17.6 Å². The van der Waals surface area contributed by atoms with Crippen LogP contribution in [0.2, 0.25) is 0 Å². The van der Waals surface area contributed by atoms with E-state index in [0.29, 0.717) is 13.1 Å². The van der Waals surface area contributed by atoms with Crippen molar-refractivity contribution < 1.29 is 17.6 Å². The number of benzene rings is 1. The first-order chi connectivity index (χ1) is 7.59. The summed E-state index contributed by atoms with van der Waals surface area (Å²) in [7, 11) is 0. The average Bonchev–Trinajstić information content (AvgIpc) is 2.74. The Morgan fingerprint density at radius 3 is 2.50 bits per heavy atom. The van der Waals surface area contributed by atoms with Crippen molar-refractivity contribution in [3.05, 3.63) is 29.3 Å². The van der Waals surface area contributed by atoms with Gasteiger partial charge in [0, 0.05) is 12.6 Å². The highest BCUT2D eigenvalue weighted by molar-refractivity contribution is 5.94. The highest BCUT2D eigenvalue weighted by atomic mass is 19.2. The van der Waals surface area contributed by atoms with Gasteiger partial charge in [0.25, 0.3) is 0 Å². The second-order valence-electron chi connectivity index (χ2n) is 3.13. The maximum Gasteiger partial charge on any atom is 0.196 e. The number of nitrogens with zero attached hydrogens (tertiary/aromatic N) is 1. The Balaban J connectivity index is 2.36. The van der Waals surface area contributed by atoms with Crippen LogP contribution in [0.5, 0.6) is 0 Å². The van der Waals surface area contributed by atoms with Gasteiger partial charge in [0.1, 0.15) is 5.69 Å². The molecule has 0 amide bonds. The zero-order valence-corrected chi connectivity index (χ0v) is 7.95. The quantitative estimate of drug-likeness (QED) is 0.439. The zero-order chi connectivity index (χ0) is 11.7. The molecule has 0 spiro atoms. The first-order valence-electron chi connectivity index (χ1n) is 4.48. The van der Waals surface area contributed by atoms with E-state index in [9.17, 15) is 17.6 Å². The van der Waals surface area contributed by atoms with Gasteiger partial charge in [-0.3, -0.25) is 4.99 Å². The van der Waals surface area contributed by atoms with Crippen LogP contribution in [-0.2, 0) is 0 Å². The number of halogens is 4. The summed E-state index contributed by atoms with van der Waals surface area (Å²) in [6, 6.07) is 0.274. The van der Waals surface area contributed by atoms with Crippen molar-refractivity contribution in [2.45, 2.75) is 0 Å². The molecule has 16 heavy (non-hydrogen) atoms. The van der Waals surface area contributed by atoms with E-state index in [0.717, 1.165) is 0 Å². The topological polar surface area (TPSA) is 36.4 Å². The van der Waals surface area contributed by atoms with Gasteiger partial charge in [-0.05, 0) is 0 Å². The van der Waals surface area contributed by atoms with Gasteiger partial charge in [-0.15, -0.1) is 0 Å². The Labute approximate surface area is 88.2 Å². The molecule has 0 saturated heterocycles. The molecule has 0 unspecified atom stereocenters. The van der Waals surface area contributed by atoms with Crippen molar-refractivity contribution in [2.24, 2.45) is 4.99 Å². The molecule has 1 aliphatic heterocycles. The van der Waals surface area contributed by atoms with Crippen LogP contribution >= 0.6 is 0 Å². The molecule has 0 saturated carbocycles. The van der Waals surface area contributed by atoms with Gasteiger partial charge in [0.05, 0.1) is 6.54 Å². The second-order valence-corrected chi connectivity index (χ2v) is 3.13. The van der Waals surface area contributed by atoms with Crippen LogP contribution in [0.15, 0.2) is 11.1 Å². The minimum atomic E-state index is -1.72. The van der Waals surface area contributed by atoms with Crippen LogP contribution in [0.1, 0.15) is 0 Å². The van der Waals surface area contributed by atoms with Crippen LogP contribution in [0.4, 0.5) is 23.2 Å². The molecule has 1 aliphatic rings. The summed E-state index contributed by atoms with van der Waals surface area (Å²) in [6.07, 6.45) is 0. The summed E-state index contributed by atoms with van der Waals surface area (Å²) in [5, 5.41) is 4.91. The maximum absolute atomic E-state index is 13.2. The maximum atomic E-state index is 13.2. The normalized spacial score (nSPS) is 14.6. The summed E-state index contributed by atoms with van der Waals surface area (Å²) >= 11 is 0. The molecule has 2 rings (SSSR count). The van der Waals surface area contributed by atoms with E-state index in [1.165, 1.54) is 0 Å². The Bertz CT molecular complexity index is 459. The lowest BCUT2D eigenvalue weighted by atomic mass is 10.2. The lowest BCUT2D eigenvalue weighted by Crippen LogP contribution is -2.27. The van der Waals surface area contributed by atoms with Crippen molar-refractivity contribution >= 4 is 11.6 Å². The van der Waals surface area contributed by atoms with Crippen LogP contribution in [0.3, 0.4) is 0 Å². The highest BCUT2D eigenvalue weighted by Crippen LogP contribution is 2.23. The van der Waals surface area contributed by atoms with Crippen LogP contribution in [0.25, 0.3) is 0 Å². The minimum Gasteiger partial charge on any atom is -0.354 e. The van der Waals surface area contributed by atoms with E-state index in [2.05, 4.69) is 15.6 Å². The number of anilines is 1. The molecule has 0 fully saturated rings. The molecule has 0 radical (unpaired) electrons. The van der Waals surface area contributed by atoms with Gasteiger partial charge in [0.2, 0.25) is 0 Å². The van der Waals surface area contributed by atoms with E-state index >= 15 is 0 Å². The van der Waals surface area contributed by atoms with E-state index in [1.807, 2.05) is 0 Å². The van der Waals surface area contributed by atoms with Crippen LogP contribution < -0.4 is 10.6 Å². The fourth-order valence-electron chi connectivity index (χ4n) is 1.28. The van der Waals surface area contributed by atoms with Crippen molar-refractivity contribution in [1.29, 1.82) is 0 Å². The third-order valence-electron chi connectivity index (χ3n) is 2.03. The molecular weight excluding hydrogens is 226 g/mol. The molecule has 7 heteroatoms. The van der Waals surface area contributed by atoms with Gasteiger partial charge in [0.15, 0.2) is 29.2 Å². The fraction of sp³-hybridized carbons (Fsp3) is 0.222. The summed E-state index contributed by atoms with van der Waals surface area (Å²) < 4.78 is 51.8.